The van der Waals surface area contributed by atoms with Crippen molar-refractivity contribution in [1.82, 2.24) is 15.0 Å². The van der Waals surface area contributed by atoms with Crippen molar-refractivity contribution in [3.8, 4) is 0 Å². The molecule has 2 rings (SSSR count). The molecule has 0 aliphatic carbocycles. The topological polar surface area (TPSA) is 81.9 Å². The summed E-state index contributed by atoms with van der Waals surface area (Å²) in [6.45, 7) is 0. The predicted molar refractivity (Wildman–Crippen MR) is 68.6 cm³/mol. The van der Waals surface area contributed by atoms with Crippen molar-refractivity contribution in [2.45, 2.75) is 11.3 Å². The van der Waals surface area contributed by atoms with Gasteiger partial charge in [0, 0.05) is 25.1 Å². The zero-order chi connectivity index (χ0) is 14.0. The third-order valence-corrected chi connectivity index (χ3v) is 3.72. The van der Waals surface area contributed by atoms with Gasteiger partial charge in [0.1, 0.15) is 0 Å². The minimum Gasteiger partial charge on any atom is -0.294 e. The highest BCUT2D eigenvalue weighted by molar-refractivity contribution is 7.90. The summed E-state index contributed by atoms with van der Waals surface area (Å²) in [7, 11) is -1.51. The van der Waals surface area contributed by atoms with Crippen LogP contribution in [0.2, 0.25) is 0 Å². The van der Waals surface area contributed by atoms with E-state index in [4.69, 9.17) is 0 Å². The molecule has 1 heterocycles. The van der Waals surface area contributed by atoms with Gasteiger partial charge in [0.25, 0.3) is 0 Å². The molecule has 0 saturated carbocycles. The van der Waals surface area contributed by atoms with Gasteiger partial charge in [-0.3, -0.25) is 9.48 Å². The molecule has 0 saturated heterocycles. The molecule has 2 aromatic rings. The molecule has 0 aliphatic rings. The standard InChI is InChI=1S/C12H13N3O3S/c1-15-8-10(13-14-15)7-12(16)9-3-5-11(6-4-9)19(2,17)18/h3-6,8H,7H2,1-2H3. The maximum absolute atomic E-state index is 12.0. The second kappa shape index (κ2) is 4.93. The number of sulfone groups is 1. The number of aryl methyl sites for hydroxylation is 1. The summed E-state index contributed by atoms with van der Waals surface area (Å²) in [5.41, 5.74) is 1.04. The summed E-state index contributed by atoms with van der Waals surface area (Å²) < 4.78 is 24.1. The first-order chi connectivity index (χ1) is 8.86. The largest absolute Gasteiger partial charge is 0.294 e. The smallest absolute Gasteiger partial charge is 0.175 e. The van der Waals surface area contributed by atoms with E-state index in [1.54, 1.807) is 13.2 Å². The number of ketones is 1. The Kier molecular flexibility index (Phi) is 3.48. The van der Waals surface area contributed by atoms with Crippen LogP contribution in [0.3, 0.4) is 0 Å². The molecule has 0 atom stereocenters. The van der Waals surface area contributed by atoms with Gasteiger partial charge in [0.05, 0.1) is 17.0 Å². The van der Waals surface area contributed by atoms with Gasteiger partial charge < -0.3 is 0 Å². The van der Waals surface area contributed by atoms with Crippen LogP contribution < -0.4 is 0 Å². The Morgan fingerprint density at radius 3 is 2.37 bits per heavy atom. The van der Waals surface area contributed by atoms with Crippen molar-refractivity contribution in [2.24, 2.45) is 7.05 Å². The van der Waals surface area contributed by atoms with Gasteiger partial charge in [-0.25, -0.2) is 8.42 Å². The van der Waals surface area contributed by atoms with Crippen LogP contribution in [0.15, 0.2) is 35.4 Å². The molecule has 7 heteroatoms. The molecular formula is C12H13N3O3S. The first-order valence-corrected chi connectivity index (χ1v) is 7.44. The van der Waals surface area contributed by atoms with Crippen molar-refractivity contribution in [3.05, 3.63) is 41.7 Å². The maximum atomic E-state index is 12.0. The molecule has 0 bridgehead atoms. The highest BCUT2D eigenvalue weighted by Gasteiger charge is 2.12. The first kappa shape index (κ1) is 13.4. The summed E-state index contributed by atoms with van der Waals surface area (Å²) in [4.78, 5) is 12.2. The number of nitrogens with zero attached hydrogens (tertiary/aromatic N) is 3. The molecule has 100 valence electrons. The predicted octanol–water partition coefficient (Wildman–Crippen LogP) is 0.644. The van der Waals surface area contributed by atoms with Crippen LogP contribution in [-0.4, -0.2) is 35.5 Å². The second-order valence-corrected chi connectivity index (χ2v) is 6.30. The number of hydrogen-bond acceptors (Lipinski definition) is 5. The second-order valence-electron chi connectivity index (χ2n) is 4.28. The Morgan fingerprint density at radius 2 is 1.89 bits per heavy atom. The van der Waals surface area contributed by atoms with Gasteiger partial charge in [0.15, 0.2) is 15.6 Å². The number of benzene rings is 1. The Labute approximate surface area is 111 Å². The zero-order valence-corrected chi connectivity index (χ0v) is 11.4. The Balaban J connectivity index is 2.16. The fourth-order valence-corrected chi connectivity index (χ4v) is 2.26. The van der Waals surface area contributed by atoms with E-state index in [9.17, 15) is 13.2 Å². The van der Waals surface area contributed by atoms with Crippen molar-refractivity contribution in [1.29, 1.82) is 0 Å². The van der Waals surface area contributed by atoms with E-state index in [-0.39, 0.29) is 17.1 Å². The number of carbonyl (C=O) groups is 1. The molecule has 19 heavy (non-hydrogen) atoms. The molecule has 0 N–H and O–H groups in total. The van der Waals surface area contributed by atoms with Crippen LogP contribution in [0.1, 0.15) is 16.1 Å². The van der Waals surface area contributed by atoms with E-state index in [2.05, 4.69) is 10.3 Å². The molecule has 0 unspecified atom stereocenters. The molecule has 0 fully saturated rings. The van der Waals surface area contributed by atoms with Crippen molar-refractivity contribution in [3.63, 3.8) is 0 Å². The van der Waals surface area contributed by atoms with Gasteiger partial charge in [-0.05, 0) is 12.1 Å². The number of aromatic nitrogens is 3. The lowest BCUT2D eigenvalue weighted by molar-refractivity contribution is 0.0992. The summed E-state index contributed by atoms with van der Waals surface area (Å²) in [6, 6.07) is 5.88. The van der Waals surface area contributed by atoms with E-state index in [1.165, 1.54) is 28.9 Å². The van der Waals surface area contributed by atoms with Gasteiger partial charge >= 0.3 is 0 Å². The zero-order valence-electron chi connectivity index (χ0n) is 10.6. The summed E-state index contributed by atoms with van der Waals surface area (Å²) >= 11 is 0. The van der Waals surface area contributed by atoms with Gasteiger partial charge in [-0.15, -0.1) is 5.10 Å². The van der Waals surface area contributed by atoms with Gasteiger partial charge in [0.2, 0.25) is 0 Å². The first-order valence-electron chi connectivity index (χ1n) is 5.55. The number of rotatable bonds is 4. The lowest BCUT2D eigenvalue weighted by Gasteiger charge is -2.01. The average molecular weight is 279 g/mol. The Hall–Kier alpha value is -2.02. The molecule has 1 aromatic heterocycles. The molecule has 0 radical (unpaired) electrons. The summed E-state index contributed by atoms with van der Waals surface area (Å²) in [5, 5.41) is 7.58. The van der Waals surface area contributed by atoms with Crippen molar-refractivity contribution in [2.75, 3.05) is 6.26 Å². The molecule has 0 aliphatic heterocycles. The fraction of sp³-hybridized carbons (Fsp3) is 0.250. The minimum atomic E-state index is -3.24. The van der Waals surface area contributed by atoms with Crippen molar-refractivity contribution >= 4 is 15.6 Å². The number of Topliss-reactive ketones (excluding diaryl/α,β-unsaturated/α-hetero) is 1. The third-order valence-electron chi connectivity index (χ3n) is 2.60. The monoisotopic (exact) mass is 279 g/mol. The highest BCUT2D eigenvalue weighted by atomic mass is 32.2. The van der Waals surface area contributed by atoms with Crippen molar-refractivity contribution < 1.29 is 13.2 Å². The molecule has 0 spiro atoms. The van der Waals surface area contributed by atoms with E-state index in [0.29, 0.717) is 11.3 Å². The van der Waals surface area contributed by atoms with Gasteiger partial charge in [-0.2, -0.15) is 0 Å². The summed E-state index contributed by atoms with van der Waals surface area (Å²) in [6.07, 6.45) is 2.94. The highest BCUT2D eigenvalue weighted by Crippen LogP contribution is 2.12. The number of hydrogen-bond donors (Lipinski definition) is 0. The Bertz CT molecular complexity index is 702. The van der Waals surface area contributed by atoms with Crippen LogP contribution in [0.4, 0.5) is 0 Å². The van der Waals surface area contributed by atoms with Crippen LogP contribution >= 0.6 is 0 Å². The quantitative estimate of drug-likeness (QED) is 0.767. The molecule has 6 nitrogen and oxygen atoms in total. The van der Waals surface area contributed by atoms with E-state index < -0.39 is 9.84 Å². The van der Waals surface area contributed by atoms with Crippen LogP contribution in [0, 0.1) is 0 Å². The third kappa shape index (κ3) is 3.25. The van der Waals surface area contributed by atoms with Crippen LogP contribution in [0.5, 0.6) is 0 Å². The van der Waals surface area contributed by atoms with Crippen LogP contribution in [0.25, 0.3) is 0 Å². The SMILES string of the molecule is Cn1cc(CC(=O)c2ccc(S(C)(=O)=O)cc2)nn1. The lowest BCUT2D eigenvalue weighted by atomic mass is 10.1. The van der Waals surface area contributed by atoms with E-state index >= 15 is 0 Å². The lowest BCUT2D eigenvalue weighted by Crippen LogP contribution is -2.05. The fourth-order valence-electron chi connectivity index (χ4n) is 1.63. The molecule has 0 amide bonds. The van der Waals surface area contributed by atoms with Crippen LogP contribution in [-0.2, 0) is 23.3 Å². The maximum Gasteiger partial charge on any atom is 0.175 e. The van der Waals surface area contributed by atoms with E-state index in [0.717, 1.165) is 6.26 Å². The average Bonchev–Trinajstić information content (AvgIpc) is 2.74. The van der Waals surface area contributed by atoms with E-state index in [1.807, 2.05) is 0 Å². The van der Waals surface area contributed by atoms with Gasteiger partial charge in [-0.1, -0.05) is 17.3 Å². The Morgan fingerprint density at radius 1 is 1.26 bits per heavy atom. The number of carbonyl (C=O) groups excluding carboxylic acids is 1. The molecule has 1 aromatic carbocycles. The molecular weight excluding hydrogens is 266 g/mol. The normalized spacial score (nSPS) is 11.5. The minimum absolute atomic E-state index is 0.124. The summed E-state index contributed by atoms with van der Waals surface area (Å²) in [5.74, 6) is -0.124.